The van der Waals surface area contributed by atoms with E-state index in [0.29, 0.717) is 35.3 Å². The normalized spacial score (nSPS) is 14.3. The van der Waals surface area contributed by atoms with Crippen LogP contribution in [0.1, 0.15) is 60.7 Å². The first-order valence-electron chi connectivity index (χ1n) is 9.30. The van der Waals surface area contributed by atoms with Gasteiger partial charge in [-0.3, -0.25) is 4.79 Å². The van der Waals surface area contributed by atoms with Crippen LogP contribution in [0, 0.1) is 6.92 Å². The number of ether oxygens (including phenoxy) is 2. The number of ketones is 1. The van der Waals surface area contributed by atoms with Gasteiger partial charge in [0.1, 0.15) is 18.1 Å². The van der Waals surface area contributed by atoms with Gasteiger partial charge in [0.2, 0.25) is 5.78 Å². The SMILES string of the molecule is CC(C)=CCOc1cc(C)c2c(c1)O/C(=C\c1ccc(C(C)C)cc1)C2=O. The highest BCUT2D eigenvalue weighted by molar-refractivity contribution is 6.15. The first-order valence-corrected chi connectivity index (χ1v) is 9.30. The quantitative estimate of drug-likeness (QED) is 0.478. The van der Waals surface area contributed by atoms with Gasteiger partial charge in [0.25, 0.3) is 0 Å². The predicted octanol–water partition coefficient (Wildman–Crippen LogP) is 6.08. The maximum Gasteiger partial charge on any atom is 0.232 e. The molecule has 3 heteroatoms. The molecule has 0 aliphatic carbocycles. The van der Waals surface area contributed by atoms with Crippen LogP contribution in [0.3, 0.4) is 0 Å². The van der Waals surface area contributed by atoms with Crippen LogP contribution in [0.15, 0.2) is 53.8 Å². The first-order chi connectivity index (χ1) is 12.8. The van der Waals surface area contributed by atoms with Gasteiger partial charge in [-0.2, -0.15) is 0 Å². The van der Waals surface area contributed by atoms with Crippen molar-refractivity contribution >= 4 is 11.9 Å². The fourth-order valence-electron chi connectivity index (χ4n) is 2.99. The van der Waals surface area contributed by atoms with Crippen molar-refractivity contribution in [3.8, 4) is 11.5 Å². The molecule has 27 heavy (non-hydrogen) atoms. The second-order valence-electron chi connectivity index (χ2n) is 7.47. The lowest BCUT2D eigenvalue weighted by Crippen LogP contribution is -2.00. The molecule has 2 aromatic rings. The van der Waals surface area contributed by atoms with E-state index in [-0.39, 0.29) is 5.78 Å². The zero-order valence-electron chi connectivity index (χ0n) is 16.6. The lowest BCUT2D eigenvalue weighted by atomic mass is 10.0. The summed E-state index contributed by atoms with van der Waals surface area (Å²) >= 11 is 0. The molecule has 1 heterocycles. The molecule has 0 amide bonds. The van der Waals surface area contributed by atoms with E-state index in [2.05, 4.69) is 26.0 Å². The highest BCUT2D eigenvalue weighted by atomic mass is 16.5. The zero-order chi connectivity index (χ0) is 19.6. The Morgan fingerprint density at radius 2 is 1.85 bits per heavy atom. The maximum atomic E-state index is 12.8. The highest BCUT2D eigenvalue weighted by Gasteiger charge is 2.30. The third kappa shape index (κ3) is 4.30. The number of Topliss-reactive ketones (excluding diaryl/α,β-unsaturated/α-hetero) is 1. The van der Waals surface area contributed by atoms with Crippen LogP contribution < -0.4 is 9.47 Å². The van der Waals surface area contributed by atoms with Crippen molar-refractivity contribution in [1.29, 1.82) is 0 Å². The Labute approximate surface area is 161 Å². The Kier molecular flexibility index (Phi) is 5.50. The van der Waals surface area contributed by atoms with E-state index < -0.39 is 0 Å². The van der Waals surface area contributed by atoms with Crippen molar-refractivity contribution in [1.82, 2.24) is 0 Å². The predicted molar refractivity (Wildman–Crippen MR) is 110 cm³/mol. The number of carbonyl (C=O) groups is 1. The van der Waals surface area contributed by atoms with E-state index in [1.165, 1.54) is 11.1 Å². The van der Waals surface area contributed by atoms with E-state index in [1.807, 2.05) is 45.0 Å². The molecular formula is C24H26O3. The van der Waals surface area contributed by atoms with Gasteiger partial charge < -0.3 is 9.47 Å². The summed E-state index contributed by atoms with van der Waals surface area (Å²) in [6.45, 7) is 10.8. The molecular weight excluding hydrogens is 336 g/mol. The number of aryl methyl sites for hydroxylation is 1. The molecule has 0 fully saturated rings. The Balaban J connectivity index is 1.83. The zero-order valence-corrected chi connectivity index (χ0v) is 16.6. The average molecular weight is 362 g/mol. The smallest absolute Gasteiger partial charge is 0.232 e. The van der Waals surface area contributed by atoms with Crippen LogP contribution in [-0.2, 0) is 0 Å². The summed E-state index contributed by atoms with van der Waals surface area (Å²) in [6, 6.07) is 11.9. The standard InChI is InChI=1S/C24H26O3/c1-15(2)10-11-26-20-12-17(5)23-21(14-20)27-22(24(23)25)13-18-6-8-19(9-7-18)16(3)4/h6-10,12-14,16H,11H2,1-5H3/b22-13-. The summed E-state index contributed by atoms with van der Waals surface area (Å²) in [6.07, 6.45) is 3.82. The van der Waals surface area contributed by atoms with E-state index in [1.54, 1.807) is 12.1 Å². The van der Waals surface area contributed by atoms with Crippen molar-refractivity contribution in [3.05, 3.63) is 76.1 Å². The second kappa shape index (κ2) is 7.83. The van der Waals surface area contributed by atoms with Crippen molar-refractivity contribution in [2.75, 3.05) is 6.61 Å². The summed E-state index contributed by atoms with van der Waals surface area (Å²) in [4.78, 5) is 12.8. The molecule has 0 saturated heterocycles. The molecule has 0 N–H and O–H groups in total. The molecule has 3 rings (SSSR count). The topological polar surface area (TPSA) is 35.5 Å². The Morgan fingerprint density at radius 1 is 1.15 bits per heavy atom. The van der Waals surface area contributed by atoms with Crippen molar-refractivity contribution in [3.63, 3.8) is 0 Å². The second-order valence-corrected chi connectivity index (χ2v) is 7.47. The summed E-state index contributed by atoms with van der Waals surface area (Å²) in [5.74, 6) is 2.03. The van der Waals surface area contributed by atoms with E-state index >= 15 is 0 Å². The molecule has 3 nitrogen and oxygen atoms in total. The molecule has 140 valence electrons. The van der Waals surface area contributed by atoms with Gasteiger partial charge in [0.15, 0.2) is 5.76 Å². The number of allylic oxidation sites excluding steroid dienone is 2. The summed E-state index contributed by atoms with van der Waals surface area (Å²) in [7, 11) is 0. The van der Waals surface area contributed by atoms with E-state index in [0.717, 1.165) is 11.1 Å². The largest absolute Gasteiger partial charge is 0.489 e. The third-order valence-corrected chi connectivity index (χ3v) is 4.59. The molecule has 0 spiro atoms. The van der Waals surface area contributed by atoms with Crippen molar-refractivity contribution in [2.24, 2.45) is 0 Å². The molecule has 0 atom stereocenters. The first kappa shape index (κ1) is 19.0. The monoisotopic (exact) mass is 362 g/mol. The maximum absolute atomic E-state index is 12.8. The van der Waals surface area contributed by atoms with Crippen LogP contribution in [0.25, 0.3) is 6.08 Å². The number of carbonyl (C=O) groups excluding carboxylic acids is 1. The fourth-order valence-corrected chi connectivity index (χ4v) is 2.99. The van der Waals surface area contributed by atoms with Crippen molar-refractivity contribution < 1.29 is 14.3 Å². The average Bonchev–Trinajstić information content (AvgIpc) is 2.91. The van der Waals surface area contributed by atoms with Gasteiger partial charge >= 0.3 is 0 Å². The van der Waals surface area contributed by atoms with Crippen LogP contribution in [-0.4, -0.2) is 12.4 Å². The minimum Gasteiger partial charge on any atom is -0.489 e. The minimum atomic E-state index is -0.0775. The Bertz CT molecular complexity index is 911. The van der Waals surface area contributed by atoms with Gasteiger partial charge in [0, 0.05) is 6.07 Å². The third-order valence-electron chi connectivity index (χ3n) is 4.59. The molecule has 1 aliphatic heterocycles. The van der Waals surface area contributed by atoms with Crippen molar-refractivity contribution in [2.45, 2.75) is 40.5 Å². The minimum absolute atomic E-state index is 0.0775. The van der Waals surface area contributed by atoms with Gasteiger partial charge in [-0.25, -0.2) is 0 Å². The lowest BCUT2D eigenvalue weighted by Gasteiger charge is -2.07. The molecule has 0 unspecified atom stereocenters. The van der Waals surface area contributed by atoms with E-state index in [4.69, 9.17) is 9.47 Å². The van der Waals surface area contributed by atoms with Crippen LogP contribution >= 0.6 is 0 Å². The lowest BCUT2D eigenvalue weighted by molar-refractivity contribution is 0.101. The molecule has 0 bridgehead atoms. The molecule has 1 aliphatic rings. The number of rotatable bonds is 5. The van der Waals surface area contributed by atoms with Gasteiger partial charge in [-0.1, -0.05) is 43.7 Å². The number of fused-ring (bicyclic) bond motifs is 1. The summed E-state index contributed by atoms with van der Waals surface area (Å²) < 4.78 is 11.6. The summed E-state index contributed by atoms with van der Waals surface area (Å²) in [5.41, 5.74) is 4.91. The van der Waals surface area contributed by atoms with Crippen LogP contribution in [0.4, 0.5) is 0 Å². The van der Waals surface area contributed by atoms with Crippen LogP contribution in [0.2, 0.25) is 0 Å². The number of hydrogen-bond donors (Lipinski definition) is 0. The van der Waals surface area contributed by atoms with Gasteiger partial charge in [-0.15, -0.1) is 0 Å². The van der Waals surface area contributed by atoms with Crippen LogP contribution in [0.5, 0.6) is 11.5 Å². The van der Waals surface area contributed by atoms with E-state index in [9.17, 15) is 4.79 Å². The highest BCUT2D eigenvalue weighted by Crippen LogP contribution is 2.37. The molecule has 0 saturated carbocycles. The number of hydrogen-bond acceptors (Lipinski definition) is 3. The molecule has 0 radical (unpaired) electrons. The summed E-state index contributed by atoms with van der Waals surface area (Å²) in [5, 5.41) is 0. The Morgan fingerprint density at radius 3 is 2.48 bits per heavy atom. The number of benzene rings is 2. The molecule has 0 aromatic heterocycles. The van der Waals surface area contributed by atoms with Gasteiger partial charge in [-0.05, 0) is 61.6 Å². The fraction of sp³-hybridized carbons (Fsp3) is 0.292. The van der Waals surface area contributed by atoms with Gasteiger partial charge in [0.05, 0.1) is 5.56 Å². The Hall–Kier alpha value is -2.81. The molecule has 2 aromatic carbocycles.